The SMILES string of the molecule is Cc1nc(C#CCCS(=O)(=O)O)ccc1F. The monoisotopic (exact) mass is 243 g/mol. The van der Waals surface area contributed by atoms with Crippen LogP contribution in [0.3, 0.4) is 0 Å². The maximum atomic E-state index is 12.8. The van der Waals surface area contributed by atoms with Crippen molar-refractivity contribution in [3.8, 4) is 11.8 Å². The van der Waals surface area contributed by atoms with Crippen LogP contribution in [0.15, 0.2) is 12.1 Å². The largest absolute Gasteiger partial charge is 0.286 e. The van der Waals surface area contributed by atoms with Crippen molar-refractivity contribution in [1.82, 2.24) is 4.98 Å². The second kappa shape index (κ2) is 5.05. The second-order valence-electron chi connectivity index (χ2n) is 3.10. The second-order valence-corrected chi connectivity index (χ2v) is 4.67. The molecule has 1 N–H and O–H groups in total. The zero-order valence-electron chi connectivity index (χ0n) is 8.57. The molecule has 0 aliphatic carbocycles. The summed E-state index contributed by atoms with van der Waals surface area (Å²) in [6, 6.07) is 2.65. The van der Waals surface area contributed by atoms with Crippen LogP contribution in [-0.4, -0.2) is 23.7 Å². The molecular weight excluding hydrogens is 233 g/mol. The molecule has 4 nitrogen and oxygen atoms in total. The molecule has 0 aromatic carbocycles. The molecule has 0 aliphatic rings. The Hall–Kier alpha value is -1.45. The molecule has 0 unspecified atom stereocenters. The van der Waals surface area contributed by atoms with E-state index in [1.807, 2.05) is 0 Å². The van der Waals surface area contributed by atoms with E-state index in [1.165, 1.54) is 19.1 Å². The van der Waals surface area contributed by atoms with E-state index in [4.69, 9.17) is 4.55 Å². The van der Waals surface area contributed by atoms with Crippen molar-refractivity contribution in [2.45, 2.75) is 13.3 Å². The van der Waals surface area contributed by atoms with Crippen LogP contribution in [0, 0.1) is 24.6 Å². The van der Waals surface area contributed by atoms with Gasteiger partial charge in [0.1, 0.15) is 11.5 Å². The summed E-state index contributed by atoms with van der Waals surface area (Å²) in [6.07, 6.45) is 0.0109. The van der Waals surface area contributed by atoms with Crippen molar-refractivity contribution in [3.05, 3.63) is 29.3 Å². The first-order chi connectivity index (χ1) is 7.38. The van der Waals surface area contributed by atoms with E-state index in [-0.39, 0.29) is 12.1 Å². The summed E-state index contributed by atoms with van der Waals surface area (Å²) < 4.78 is 42.0. The predicted molar refractivity (Wildman–Crippen MR) is 56.8 cm³/mol. The molecule has 0 fully saturated rings. The maximum absolute atomic E-state index is 12.8. The molecule has 1 aromatic rings. The normalized spacial score (nSPS) is 10.7. The lowest BCUT2D eigenvalue weighted by Crippen LogP contribution is -2.02. The summed E-state index contributed by atoms with van der Waals surface area (Å²) >= 11 is 0. The Kier molecular flexibility index (Phi) is 3.99. The van der Waals surface area contributed by atoms with Gasteiger partial charge in [-0.1, -0.05) is 5.92 Å². The van der Waals surface area contributed by atoms with Gasteiger partial charge in [0.15, 0.2) is 0 Å². The van der Waals surface area contributed by atoms with Gasteiger partial charge in [0.2, 0.25) is 0 Å². The maximum Gasteiger partial charge on any atom is 0.265 e. The van der Waals surface area contributed by atoms with E-state index in [1.54, 1.807) is 0 Å². The average molecular weight is 243 g/mol. The van der Waals surface area contributed by atoms with Gasteiger partial charge in [-0.25, -0.2) is 9.37 Å². The number of aromatic nitrogens is 1. The topological polar surface area (TPSA) is 67.3 Å². The molecule has 0 radical (unpaired) electrons. The van der Waals surface area contributed by atoms with Crippen molar-refractivity contribution in [3.63, 3.8) is 0 Å². The molecule has 16 heavy (non-hydrogen) atoms. The van der Waals surface area contributed by atoms with Crippen LogP contribution in [0.1, 0.15) is 17.8 Å². The van der Waals surface area contributed by atoms with E-state index < -0.39 is 21.7 Å². The Labute approximate surface area is 93.3 Å². The lowest BCUT2D eigenvalue weighted by atomic mass is 10.3. The van der Waals surface area contributed by atoms with Gasteiger partial charge in [-0.3, -0.25) is 4.55 Å². The summed E-state index contributed by atoms with van der Waals surface area (Å²) in [7, 11) is -3.98. The standard InChI is InChI=1S/C10H10FNO3S/c1-8-10(11)6-5-9(12-8)4-2-3-7-16(13,14)15/h5-6H,3,7H2,1H3,(H,13,14,15). The first kappa shape index (κ1) is 12.6. The zero-order valence-corrected chi connectivity index (χ0v) is 9.38. The van der Waals surface area contributed by atoms with Crippen molar-refractivity contribution in [1.29, 1.82) is 0 Å². The molecule has 0 aliphatic heterocycles. The molecule has 86 valence electrons. The number of hydrogen-bond acceptors (Lipinski definition) is 3. The summed E-state index contributed by atoms with van der Waals surface area (Å²) in [5, 5.41) is 0. The molecule has 0 bridgehead atoms. The molecule has 1 aromatic heterocycles. The van der Waals surface area contributed by atoms with Crippen LogP contribution < -0.4 is 0 Å². The fourth-order valence-electron chi connectivity index (χ4n) is 0.947. The number of rotatable bonds is 2. The molecule has 0 spiro atoms. The molecule has 0 atom stereocenters. The first-order valence-corrected chi connectivity index (χ1v) is 6.06. The third kappa shape index (κ3) is 4.38. The Morgan fingerprint density at radius 1 is 1.50 bits per heavy atom. The molecule has 1 heterocycles. The third-order valence-corrected chi connectivity index (χ3v) is 2.44. The van der Waals surface area contributed by atoms with Gasteiger partial charge >= 0.3 is 0 Å². The number of aryl methyl sites for hydroxylation is 1. The minimum atomic E-state index is -3.98. The Morgan fingerprint density at radius 2 is 2.19 bits per heavy atom. The van der Waals surface area contributed by atoms with Crippen molar-refractivity contribution in [2.75, 3.05) is 5.75 Å². The van der Waals surface area contributed by atoms with Crippen molar-refractivity contribution >= 4 is 10.1 Å². The summed E-state index contributed by atoms with van der Waals surface area (Å²) in [5.74, 6) is 4.28. The highest BCUT2D eigenvalue weighted by molar-refractivity contribution is 7.85. The van der Waals surface area contributed by atoms with E-state index in [0.29, 0.717) is 5.69 Å². The average Bonchev–Trinajstić information content (AvgIpc) is 2.17. The Bertz CT molecular complexity index is 543. The molecule has 0 amide bonds. The van der Waals surface area contributed by atoms with Crippen LogP contribution >= 0.6 is 0 Å². The summed E-state index contributed by atoms with van der Waals surface area (Å²) in [4.78, 5) is 3.85. The first-order valence-electron chi connectivity index (χ1n) is 4.46. The minimum Gasteiger partial charge on any atom is -0.286 e. The van der Waals surface area contributed by atoms with Crippen LogP contribution in [0.2, 0.25) is 0 Å². The third-order valence-electron chi connectivity index (χ3n) is 1.72. The fraction of sp³-hybridized carbons (Fsp3) is 0.300. The van der Waals surface area contributed by atoms with Crippen LogP contribution in [0.5, 0.6) is 0 Å². The van der Waals surface area contributed by atoms with Gasteiger partial charge in [0.25, 0.3) is 10.1 Å². The van der Waals surface area contributed by atoms with Crippen molar-refractivity contribution < 1.29 is 17.4 Å². The number of nitrogens with zero attached hydrogens (tertiary/aromatic N) is 1. The highest BCUT2D eigenvalue weighted by Gasteiger charge is 2.01. The molecular formula is C10H10FNO3S. The van der Waals surface area contributed by atoms with Gasteiger partial charge in [-0.05, 0) is 25.0 Å². The van der Waals surface area contributed by atoms with Gasteiger partial charge in [-0.2, -0.15) is 8.42 Å². The van der Waals surface area contributed by atoms with Crippen LogP contribution in [0.4, 0.5) is 4.39 Å². The van der Waals surface area contributed by atoms with Gasteiger partial charge in [0.05, 0.1) is 11.4 Å². The number of halogens is 1. The predicted octanol–water partition coefficient (Wildman–Crippen LogP) is 1.16. The van der Waals surface area contributed by atoms with Crippen molar-refractivity contribution in [2.24, 2.45) is 0 Å². The minimum absolute atomic E-state index is 0.0109. The van der Waals surface area contributed by atoms with E-state index >= 15 is 0 Å². The zero-order chi connectivity index (χ0) is 12.2. The lowest BCUT2D eigenvalue weighted by molar-refractivity contribution is 0.483. The molecule has 6 heteroatoms. The van der Waals surface area contributed by atoms with E-state index in [2.05, 4.69) is 16.8 Å². The number of hydrogen-bond donors (Lipinski definition) is 1. The molecule has 0 saturated heterocycles. The van der Waals surface area contributed by atoms with E-state index in [9.17, 15) is 12.8 Å². The van der Waals surface area contributed by atoms with Crippen LogP contribution in [-0.2, 0) is 10.1 Å². The summed E-state index contributed by atoms with van der Waals surface area (Å²) in [5.41, 5.74) is 0.607. The quantitative estimate of drug-likeness (QED) is 0.625. The van der Waals surface area contributed by atoms with E-state index in [0.717, 1.165) is 0 Å². The van der Waals surface area contributed by atoms with Gasteiger partial charge in [-0.15, -0.1) is 0 Å². The highest BCUT2D eigenvalue weighted by Crippen LogP contribution is 2.03. The summed E-state index contributed by atoms with van der Waals surface area (Å²) in [6.45, 7) is 1.51. The van der Waals surface area contributed by atoms with Gasteiger partial charge in [0, 0.05) is 6.42 Å². The Balaban J connectivity index is 2.67. The highest BCUT2D eigenvalue weighted by atomic mass is 32.2. The molecule has 1 rings (SSSR count). The smallest absolute Gasteiger partial charge is 0.265 e. The van der Waals surface area contributed by atoms with Crippen LogP contribution in [0.25, 0.3) is 0 Å². The molecule has 0 saturated carbocycles. The van der Waals surface area contributed by atoms with Gasteiger partial charge < -0.3 is 0 Å². The fourth-order valence-corrected chi connectivity index (χ4v) is 1.31. The Morgan fingerprint density at radius 3 is 2.75 bits per heavy atom. The lowest BCUT2D eigenvalue weighted by Gasteiger charge is -1.94. The number of pyridine rings is 1.